The number of carbonyl (C=O) groups excluding carboxylic acids is 2. The molecule has 2 aromatic carbocycles. The van der Waals surface area contributed by atoms with Crippen molar-refractivity contribution in [2.24, 2.45) is 0 Å². The van der Waals surface area contributed by atoms with Crippen molar-refractivity contribution < 1.29 is 9.59 Å². The second-order valence-electron chi connectivity index (χ2n) is 7.73. The van der Waals surface area contributed by atoms with Crippen molar-refractivity contribution in [3.05, 3.63) is 59.7 Å². The highest BCUT2D eigenvalue weighted by atomic mass is 32.2. The number of ketones is 1. The lowest BCUT2D eigenvalue weighted by Crippen LogP contribution is -2.23. The third-order valence-electron chi connectivity index (χ3n) is 5.35. The van der Waals surface area contributed by atoms with Gasteiger partial charge in [0.1, 0.15) is 0 Å². The van der Waals surface area contributed by atoms with Crippen LogP contribution < -0.4 is 4.90 Å². The van der Waals surface area contributed by atoms with Gasteiger partial charge in [-0.15, -0.1) is 10.2 Å². The molecule has 160 valence electrons. The van der Waals surface area contributed by atoms with Crippen molar-refractivity contribution in [1.29, 1.82) is 0 Å². The average molecular weight is 435 g/mol. The fourth-order valence-electron chi connectivity index (χ4n) is 3.78. The van der Waals surface area contributed by atoms with Crippen LogP contribution in [0, 0.1) is 6.92 Å². The maximum absolute atomic E-state index is 12.7. The number of thioether (sulfide) groups is 1. The molecule has 0 saturated carbocycles. The molecule has 0 N–H and O–H groups in total. The summed E-state index contributed by atoms with van der Waals surface area (Å²) in [7, 11) is 0. The molecule has 0 radical (unpaired) electrons. The summed E-state index contributed by atoms with van der Waals surface area (Å²) in [6, 6.07) is 15.5. The molecule has 0 bridgehead atoms. The van der Waals surface area contributed by atoms with E-state index in [1.165, 1.54) is 17.3 Å². The first-order valence-electron chi connectivity index (χ1n) is 10.6. The van der Waals surface area contributed by atoms with Crippen molar-refractivity contribution in [2.45, 2.75) is 44.8 Å². The van der Waals surface area contributed by atoms with E-state index in [1.54, 1.807) is 17.0 Å². The molecule has 0 unspecified atom stereocenters. The normalized spacial score (nSPS) is 13.7. The summed E-state index contributed by atoms with van der Waals surface area (Å²) in [4.78, 5) is 26.4. The fraction of sp³-hybridized carbons (Fsp3) is 0.333. The Kier molecular flexibility index (Phi) is 6.51. The van der Waals surface area contributed by atoms with Gasteiger partial charge in [-0.3, -0.25) is 9.59 Å². The smallest absolute Gasteiger partial charge is 0.227 e. The topological polar surface area (TPSA) is 68.1 Å². The van der Waals surface area contributed by atoms with Crippen LogP contribution in [0.2, 0.25) is 0 Å². The summed E-state index contributed by atoms with van der Waals surface area (Å²) in [6.07, 6.45) is 2.44. The molecule has 0 spiro atoms. The molecule has 31 heavy (non-hydrogen) atoms. The highest BCUT2D eigenvalue weighted by Crippen LogP contribution is 2.26. The minimum absolute atomic E-state index is 0.0347. The lowest BCUT2D eigenvalue weighted by molar-refractivity contribution is -0.117. The van der Waals surface area contributed by atoms with E-state index in [4.69, 9.17) is 0 Å². The monoisotopic (exact) mass is 434 g/mol. The van der Waals surface area contributed by atoms with Crippen LogP contribution in [-0.4, -0.2) is 38.8 Å². The lowest BCUT2D eigenvalue weighted by Gasteiger charge is -2.15. The van der Waals surface area contributed by atoms with Crippen LogP contribution in [0.4, 0.5) is 5.69 Å². The quantitative estimate of drug-likeness (QED) is 0.377. The molecule has 1 saturated heterocycles. The van der Waals surface area contributed by atoms with Crippen molar-refractivity contribution in [3.63, 3.8) is 0 Å². The Morgan fingerprint density at radius 1 is 1.13 bits per heavy atom. The Labute approximate surface area is 186 Å². The van der Waals surface area contributed by atoms with Gasteiger partial charge in [0, 0.05) is 36.3 Å². The van der Waals surface area contributed by atoms with Crippen LogP contribution in [0.15, 0.2) is 53.7 Å². The van der Waals surface area contributed by atoms with Gasteiger partial charge in [0.2, 0.25) is 5.91 Å². The number of Topliss-reactive ketones (excluding diaryl/α,β-unsaturated/α-hetero) is 1. The second kappa shape index (κ2) is 9.47. The molecule has 4 rings (SSSR count). The van der Waals surface area contributed by atoms with Crippen LogP contribution in [0.25, 0.3) is 11.4 Å². The summed E-state index contributed by atoms with van der Waals surface area (Å²) in [6.45, 7) is 5.72. The molecule has 7 heteroatoms. The van der Waals surface area contributed by atoms with Crippen LogP contribution in [0.1, 0.15) is 42.1 Å². The van der Waals surface area contributed by atoms with Crippen molar-refractivity contribution >= 4 is 29.1 Å². The van der Waals surface area contributed by atoms with Gasteiger partial charge in [0.25, 0.3) is 0 Å². The lowest BCUT2D eigenvalue weighted by atomic mass is 10.1. The van der Waals surface area contributed by atoms with Crippen LogP contribution in [0.3, 0.4) is 0 Å². The summed E-state index contributed by atoms with van der Waals surface area (Å²) >= 11 is 1.41. The maximum atomic E-state index is 12.7. The Balaban J connectivity index is 1.46. The third kappa shape index (κ3) is 4.71. The van der Waals surface area contributed by atoms with E-state index in [1.807, 2.05) is 24.3 Å². The van der Waals surface area contributed by atoms with Gasteiger partial charge in [-0.05, 0) is 50.1 Å². The standard InChI is InChI=1S/C24H26N4O2S/c1-3-13-28-23(19-7-4-6-17(2)15-19)25-26-24(28)31-16-21(29)18-9-11-20(12-10-18)27-14-5-8-22(27)30/h4,6-7,9-12,15H,3,5,8,13-14,16H2,1-2H3. The minimum atomic E-state index is 0.0347. The predicted molar refractivity (Wildman–Crippen MR) is 124 cm³/mol. The van der Waals surface area contributed by atoms with Crippen LogP contribution in [0.5, 0.6) is 0 Å². The zero-order valence-corrected chi connectivity index (χ0v) is 18.7. The molecule has 3 aromatic rings. The zero-order chi connectivity index (χ0) is 21.8. The van der Waals surface area contributed by atoms with E-state index < -0.39 is 0 Å². The highest BCUT2D eigenvalue weighted by Gasteiger charge is 2.22. The third-order valence-corrected chi connectivity index (χ3v) is 6.31. The van der Waals surface area contributed by atoms with Gasteiger partial charge in [-0.2, -0.15) is 0 Å². The van der Waals surface area contributed by atoms with Gasteiger partial charge in [0.05, 0.1) is 5.75 Å². The van der Waals surface area contributed by atoms with E-state index in [-0.39, 0.29) is 17.4 Å². The number of hydrogen-bond acceptors (Lipinski definition) is 5. The SMILES string of the molecule is CCCn1c(SCC(=O)c2ccc(N3CCCC3=O)cc2)nnc1-c1cccc(C)c1. The zero-order valence-electron chi connectivity index (χ0n) is 17.9. The Morgan fingerprint density at radius 2 is 1.94 bits per heavy atom. The second-order valence-corrected chi connectivity index (χ2v) is 8.68. The minimum Gasteiger partial charge on any atom is -0.312 e. The number of aromatic nitrogens is 3. The van der Waals surface area contributed by atoms with Crippen LogP contribution in [-0.2, 0) is 11.3 Å². The number of carbonyl (C=O) groups is 2. The Morgan fingerprint density at radius 3 is 2.61 bits per heavy atom. The summed E-state index contributed by atoms with van der Waals surface area (Å²) in [5, 5.41) is 9.52. The number of hydrogen-bond donors (Lipinski definition) is 0. The first kappa shape index (κ1) is 21.3. The summed E-state index contributed by atoms with van der Waals surface area (Å²) in [5.74, 6) is 1.30. The number of anilines is 1. The number of rotatable bonds is 8. The molecule has 1 amide bonds. The van der Waals surface area contributed by atoms with E-state index in [2.05, 4.69) is 40.7 Å². The first-order valence-corrected chi connectivity index (χ1v) is 11.6. The predicted octanol–water partition coefficient (Wildman–Crippen LogP) is 4.77. The Hall–Kier alpha value is -2.93. The highest BCUT2D eigenvalue weighted by molar-refractivity contribution is 7.99. The van der Waals surface area contributed by atoms with Crippen molar-refractivity contribution in [2.75, 3.05) is 17.2 Å². The van der Waals surface area contributed by atoms with Gasteiger partial charge >= 0.3 is 0 Å². The van der Waals surface area contributed by atoms with Gasteiger partial charge < -0.3 is 9.47 Å². The molecular formula is C24H26N4O2S. The number of aryl methyl sites for hydroxylation is 1. The molecule has 2 heterocycles. The summed E-state index contributed by atoms with van der Waals surface area (Å²) in [5.41, 5.74) is 3.71. The average Bonchev–Trinajstić information content (AvgIpc) is 3.38. The number of nitrogens with zero attached hydrogens (tertiary/aromatic N) is 4. The largest absolute Gasteiger partial charge is 0.312 e. The molecule has 0 atom stereocenters. The maximum Gasteiger partial charge on any atom is 0.227 e. The van der Waals surface area contributed by atoms with Crippen LogP contribution >= 0.6 is 11.8 Å². The molecule has 6 nitrogen and oxygen atoms in total. The van der Waals surface area contributed by atoms with E-state index in [9.17, 15) is 9.59 Å². The molecular weight excluding hydrogens is 408 g/mol. The number of amides is 1. The molecule has 0 aliphatic carbocycles. The van der Waals surface area contributed by atoms with E-state index in [0.717, 1.165) is 48.2 Å². The number of benzene rings is 2. The first-order chi connectivity index (χ1) is 15.1. The fourth-order valence-corrected chi connectivity index (χ4v) is 4.64. The molecule has 1 aliphatic rings. The van der Waals surface area contributed by atoms with Crippen molar-refractivity contribution in [3.8, 4) is 11.4 Å². The molecule has 1 fully saturated rings. The van der Waals surface area contributed by atoms with Crippen molar-refractivity contribution in [1.82, 2.24) is 14.8 Å². The van der Waals surface area contributed by atoms with E-state index >= 15 is 0 Å². The molecule has 1 aromatic heterocycles. The van der Waals surface area contributed by atoms with Gasteiger partial charge in [-0.1, -0.05) is 42.4 Å². The van der Waals surface area contributed by atoms with Gasteiger partial charge in [-0.25, -0.2) is 0 Å². The summed E-state index contributed by atoms with van der Waals surface area (Å²) < 4.78 is 2.09. The molecule has 1 aliphatic heterocycles. The van der Waals surface area contributed by atoms with Gasteiger partial charge in [0.15, 0.2) is 16.8 Å². The Bertz CT molecular complexity index is 1090. The van der Waals surface area contributed by atoms with E-state index in [0.29, 0.717) is 12.0 Å².